The lowest BCUT2D eigenvalue weighted by Crippen LogP contribution is -2.39. The van der Waals surface area contributed by atoms with Crippen LogP contribution in [0.1, 0.15) is 17.2 Å². The van der Waals surface area contributed by atoms with Crippen LogP contribution >= 0.6 is 12.4 Å². The number of halogens is 1. The number of hydrogen-bond donors (Lipinski definition) is 2. The largest absolute Gasteiger partial charge is 0.493 e. The molecule has 0 saturated carbocycles. The van der Waals surface area contributed by atoms with Gasteiger partial charge >= 0.3 is 0 Å². The molecule has 1 heterocycles. The molecule has 0 radical (unpaired) electrons. The number of fused-ring (bicyclic) bond motifs is 1. The number of hydrogen-bond acceptors (Lipinski definition) is 5. The van der Waals surface area contributed by atoms with Crippen LogP contribution in [0, 0.1) is 5.92 Å². The highest BCUT2D eigenvalue weighted by Gasteiger charge is 2.32. The Hall–Kier alpha value is -1.01. The molecule has 2 rings (SSSR count). The predicted octanol–water partition coefficient (Wildman–Crippen LogP) is 1.26. The Labute approximate surface area is 131 Å². The highest BCUT2D eigenvalue weighted by Crippen LogP contribution is 2.40. The van der Waals surface area contributed by atoms with E-state index in [-0.39, 0.29) is 37.6 Å². The van der Waals surface area contributed by atoms with Crippen molar-refractivity contribution in [2.45, 2.75) is 12.5 Å². The Morgan fingerprint density at radius 1 is 1.19 bits per heavy atom. The summed E-state index contributed by atoms with van der Waals surface area (Å²) in [4.78, 5) is 2.17. The summed E-state index contributed by atoms with van der Waals surface area (Å²) < 4.78 is 10.7. The van der Waals surface area contributed by atoms with Gasteiger partial charge < -0.3 is 19.7 Å². The molecular weight excluding hydrogens is 294 g/mol. The van der Waals surface area contributed by atoms with Crippen LogP contribution in [0.4, 0.5) is 0 Å². The molecule has 0 fully saturated rings. The standard InChI is InChI=1S/C15H23NO4.ClH/c1-16-5-4-10-6-13(19-2)14(20-3)7-12(10)15(16)11(8-17)9-18;/h6-7,11,15,17-18H,4-5,8-9H2,1-3H3;1H. The maximum absolute atomic E-state index is 9.51. The minimum atomic E-state index is -0.197. The molecule has 0 amide bonds. The molecule has 21 heavy (non-hydrogen) atoms. The third-order valence-electron chi connectivity index (χ3n) is 4.09. The molecule has 2 N–H and O–H groups in total. The maximum atomic E-state index is 9.51. The second-order valence-corrected chi connectivity index (χ2v) is 5.21. The van der Waals surface area contributed by atoms with Crippen LogP contribution < -0.4 is 9.47 Å². The number of benzene rings is 1. The van der Waals surface area contributed by atoms with E-state index in [0.29, 0.717) is 5.75 Å². The van der Waals surface area contributed by atoms with E-state index in [2.05, 4.69) is 4.90 Å². The Morgan fingerprint density at radius 2 is 1.76 bits per heavy atom. The van der Waals surface area contributed by atoms with E-state index in [9.17, 15) is 10.2 Å². The van der Waals surface area contributed by atoms with Crippen molar-refractivity contribution in [3.63, 3.8) is 0 Å². The van der Waals surface area contributed by atoms with E-state index in [1.807, 2.05) is 19.2 Å². The van der Waals surface area contributed by atoms with Crippen LogP contribution in [0.3, 0.4) is 0 Å². The molecule has 6 heteroatoms. The molecule has 1 aliphatic rings. The second-order valence-electron chi connectivity index (χ2n) is 5.21. The van der Waals surface area contributed by atoms with E-state index in [1.54, 1.807) is 14.2 Å². The van der Waals surface area contributed by atoms with Gasteiger partial charge in [-0.3, -0.25) is 4.90 Å². The molecule has 0 saturated heterocycles. The van der Waals surface area contributed by atoms with Crippen LogP contribution in [0.2, 0.25) is 0 Å². The maximum Gasteiger partial charge on any atom is 0.161 e. The van der Waals surface area contributed by atoms with Crippen LogP contribution in [-0.4, -0.2) is 56.1 Å². The molecule has 1 atom stereocenters. The average Bonchev–Trinajstić information content (AvgIpc) is 2.49. The van der Waals surface area contributed by atoms with Gasteiger partial charge in [-0.2, -0.15) is 0 Å². The first-order valence-electron chi connectivity index (χ1n) is 6.83. The summed E-state index contributed by atoms with van der Waals surface area (Å²) in [6.07, 6.45) is 0.923. The zero-order valence-electron chi connectivity index (χ0n) is 12.7. The fourth-order valence-corrected chi connectivity index (χ4v) is 2.97. The molecular formula is C15H24ClNO4. The van der Waals surface area contributed by atoms with Crippen molar-refractivity contribution in [3.05, 3.63) is 23.3 Å². The van der Waals surface area contributed by atoms with Crippen molar-refractivity contribution in [1.29, 1.82) is 0 Å². The number of aliphatic hydroxyl groups excluding tert-OH is 2. The van der Waals surface area contributed by atoms with Gasteiger partial charge in [0, 0.05) is 31.7 Å². The molecule has 5 nitrogen and oxygen atoms in total. The normalized spacial score (nSPS) is 18.1. The SMILES string of the molecule is COc1cc2c(cc1OC)C(C(CO)CO)N(C)CC2.Cl. The molecule has 1 aromatic carbocycles. The number of nitrogens with zero attached hydrogens (tertiary/aromatic N) is 1. The number of methoxy groups -OCH3 is 2. The third kappa shape index (κ3) is 3.43. The Balaban J connectivity index is 0.00000220. The summed E-state index contributed by atoms with van der Waals surface area (Å²) in [5.74, 6) is 1.21. The monoisotopic (exact) mass is 317 g/mol. The topological polar surface area (TPSA) is 62.2 Å². The summed E-state index contributed by atoms with van der Waals surface area (Å²) in [7, 11) is 5.25. The van der Waals surface area contributed by atoms with Crippen molar-refractivity contribution in [2.24, 2.45) is 5.92 Å². The molecule has 0 spiro atoms. The molecule has 1 aromatic rings. The van der Waals surface area contributed by atoms with Gasteiger partial charge in [0.25, 0.3) is 0 Å². The fraction of sp³-hybridized carbons (Fsp3) is 0.600. The van der Waals surface area contributed by atoms with E-state index in [4.69, 9.17) is 9.47 Å². The molecule has 0 aliphatic carbocycles. The van der Waals surface area contributed by atoms with E-state index in [1.165, 1.54) is 5.56 Å². The first-order chi connectivity index (χ1) is 9.65. The van der Waals surface area contributed by atoms with Crippen molar-refractivity contribution >= 4 is 12.4 Å². The number of ether oxygens (including phenoxy) is 2. The van der Waals surface area contributed by atoms with Gasteiger partial charge in [0.2, 0.25) is 0 Å². The first kappa shape index (κ1) is 18.0. The lowest BCUT2D eigenvalue weighted by molar-refractivity contribution is 0.0644. The van der Waals surface area contributed by atoms with Gasteiger partial charge in [0.05, 0.1) is 14.2 Å². The van der Waals surface area contributed by atoms with Gasteiger partial charge in [-0.1, -0.05) is 0 Å². The highest BCUT2D eigenvalue weighted by atomic mass is 35.5. The third-order valence-corrected chi connectivity index (χ3v) is 4.09. The number of likely N-dealkylation sites (N-methyl/N-ethyl adjacent to an activating group) is 1. The lowest BCUT2D eigenvalue weighted by Gasteiger charge is -2.38. The minimum Gasteiger partial charge on any atom is -0.493 e. The Morgan fingerprint density at radius 3 is 2.29 bits per heavy atom. The summed E-state index contributed by atoms with van der Waals surface area (Å²) in [5.41, 5.74) is 2.29. The van der Waals surface area contributed by atoms with Gasteiger partial charge in [-0.05, 0) is 36.7 Å². The zero-order chi connectivity index (χ0) is 14.7. The van der Waals surface area contributed by atoms with Gasteiger partial charge in [0.15, 0.2) is 11.5 Å². The summed E-state index contributed by atoms with van der Waals surface area (Å²) >= 11 is 0. The molecule has 0 bridgehead atoms. The van der Waals surface area contributed by atoms with Crippen molar-refractivity contribution in [1.82, 2.24) is 4.90 Å². The van der Waals surface area contributed by atoms with E-state index < -0.39 is 0 Å². The Kier molecular flexibility index (Phi) is 6.74. The van der Waals surface area contributed by atoms with E-state index in [0.717, 1.165) is 24.3 Å². The molecule has 1 aliphatic heterocycles. The fourth-order valence-electron chi connectivity index (χ4n) is 2.97. The average molecular weight is 318 g/mol. The lowest BCUT2D eigenvalue weighted by atomic mass is 9.85. The van der Waals surface area contributed by atoms with Gasteiger partial charge in [-0.15, -0.1) is 12.4 Å². The minimum absolute atomic E-state index is 0. The quantitative estimate of drug-likeness (QED) is 0.856. The molecule has 1 unspecified atom stereocenters. The summed E-state index contributed by atoms with van der Waals surface area (Å²) in [6.45, 7) is 0.808. The summed E-state index contributed by atoms with van der Waals surface area (Å²) in [6, 6.07) is 3.96. The number of rotatable bonds is 5. The van der Waals surface area contributed by atoms with Crippen molar-refractivity contribution in [3.8, 4) is 11.5 Å². The predicted molar refractivity (Wildman–Crippen MR) is 83.5 cm³/mol. The molecule has 0 aromatic heterocycles. The van der Waals surface area contributed by atoms with Crippen LogP contribution in [0.15, 0.2) is 12.1 Å². The van der Waals surface area contributed by atoms with Crippen molar-refractivity contribution < 1.29 is 19.7 Å². The van der Waals surface area contributed by atoms with Crippen molar-refractivity contribution in [2.75, 3.05) is 41.0 Å². The van der Waals surface area contributed by atoms with E-state index >= 15 is 0 Å². The summed E-state index contributed by atoms with van der Waals surface area (Å²) in [5, 5.41) is 19.0. The van der Waals surface area contributed by atoms with Gasteiger partial charge in [-0.25, -0.2) is 0 Å². The zero-order valence-corrected chi connectivity index (χ0v) is 13.5. The second kappa shape index (κ2) is 7.84. The highest BCUT2D eigenvalue weighted by molar-refractivity contribution is 5.85. The van der Waals surface area contributed by atoms with Crippen LogP contribution in [-0.2, 0) is 6.42 Å². The van der Waals surface area contributed by atoms with Gasteiger partial charge in [0.1, 0.15) is 0 Å². The first-order valence-corrected chi connectivity index (χ1v) is 6.83. The smallest absolute Gasteiger partial charge is 0.161 e. The molecule has 120 valence electrons. The van der Waals surface area contributed by atoms with Crippen LogP contribution in [0.5, 0.6) is 11.5 Å². The Bertz CT molecular complexity index is 465. The van der Waals surface area contributed by atoms with Crippen LogP contribution in [0.25, 0.3) is 0 Å². The number of aliphatic hydroxyl groups is 2.